The number of benzene rings is 1. The van der Waals surface area contributed by atoms with Gasteiger partial charge in [0.1, 0.15) is 12.0 Å². The molecule has 3 nitrogen and oxygen atoms in total. The number of carbonyl (C=O) groups excluding carboxylic acids is 1. The highest BCUT2D eigenvalue weighted by Crippen LogP contribution is 2.04. The number of hydrogen-bond donors (Lipinski definition) is 0. The molecule has 0 fully saturated rings. The van der Waals surface area contributed by atoms with Gasteiger partial charge in [0.25, 0.3) is 0 Å². The van der Waals surface area contributed by atoms with Crippen LogP contribution < -0.4 is 0 Å². The standard InChI is InChI=1S/C12H10N2O/c15-12(11-6-7-13-9-14-11)8-10-4-2-1-3-5-10/h1-7,9H,8H2. The Bertz CT molecular complexity index is 440. The maximum atomic E-state index is 11.7. The Labute approximate surface area is 87.8 Å². The van der Waals surface area contributed by atoms with Gasteiger partial charge in [0, 0.05) is 12.6 Å². The Balaban J connectivity index is 2.12. The quantitative estimate of drug-likeness (QED) is 0.707. The smallest absolute Gasteiger partial charge is 0.185 e. The van der Waals surface area contributed by atoms with Crippen molar-refractivity contribution in [2.45, 2.75) is 6.42 Å². The van der Waals surface area contributed by atoms with E-state index in [-0.39, 0.29) is 5.78 Å². The summed E-state index contributed by atoms with van der Waals surface area (Å²) < 4.78 is 0. The fourth-order valence-electron chi connectivity index (χ4n) is 1.33. The zero-order chi connectivity index (χ0) is 10.5. The van der Waals surface area contributed by atoms with Crippen LogP contribution in [-0.2, 0) is 6.42 Å². The average Bonchev–Trinajstić information content (AvgIpc) is 2.31. The van der Waals surface area contributed by atoms with Crippen LogP contribution in [0.4, 0.5) is 0 Å². The minimum atomic E-state index is 0.0172. The molecule has 2 rings (SSSR count). The van der Waals surface area contributed by atoms with Crippen LogP contribution in [0.25, 0.3) is 0 Å². The lowest BCUT2D eigenvalue weighted by atomic mass is 10.1. The lowest BCUT2D eigenvalue weighted by molar-refractivity contribution is 0.0988. The van der Waals surface area contributed by atoms with Crippen molar-refractivity contribution in [3.05, 3.63) is 60.2 Å². The molecule has 0 aliphatic heterocycles. The summed E-state index contributed by atoms with van der Waals surface area (Å²) in [6.07, 6.45) is 3.35. The summed E-state index contributed by atoms with van der Waals surface area (Å²) in [6, 6.07) is 11.3. The molecule has 0 unspecified atom stereocenters. The van der Waals surface area contributed by atoms with Crippen molar-refractivity contribution >= 4 is 5.78 Å². The summed E-state index contributed by atoms with van der Waals surface area (Å²) in [7, 11) is 0. The minimum absolute atomic E-state index is 0.0172. The van der Waals surface area contributed by atoms with Crippen molar-refractivity contribution in [2.24, 2.45) is 0 Å². The predicted molar refractivity (Wildman–Crippen MR) is 56.5 cm³/mol. The Hall–Kier alpha value is -2.03. The van der Waals surface area contributed by atoms with Crippen molar-refractivity contribution in [2.75, 3.05) is 0 Å². The molecule has 0 saturated carbocycles. The highest BCUT2D eigenvalue weighted by molar-refractivity contribution is 5.95. The van der Waals surface area contributed by atoms with Gasteiger partial charge in [0.15, 0.2) is 5.78 Å². The molecule has 15 heavy (non-hydrogen) atoms. The fraction of sp³-hybridized carbons (Fsp3) is 0.0833. The molecule has 3 heteroatoms. The van der Waals surface area contributed by atoms with E-state index in [1.165, 1.54) is 6.33 Å². The van der Waals surface area contributed by atoms with Gasteiger partial charge < -0.3 is 0 Å². The van der Waals surface area contributed by atoms with E-state index in [2.05, 4.69) is 9.97 Å². The molecule has 0 atom stereocenters. The summed E-state index contributed by atoms with van der Waals surface area (Å²) >= 11 is 0. The molecule has 0 aliphatic rings. The highest BCUT2D eigenvalue weighted by Gasteiger charge is 2.06. The van der Waals surface area contributed by atoms with Gasteiger partial charge in [0.05, 0.1) is 0 Å². The van der Waals surface area contributed by atoms with Gasteiger partial charge in [-0.25, -0.2) is 9.97 Å². The minimum Gasteiger partial charge on any atom is -0.292 e. The lowest BCUT2D eigenvalue weighted by Gasteiger charge is -1.99. The Morgan fingerprint density at radius 1 is 1.13 bits per heavy atom. The largest absolute Gasteiger partial charge is 0.292 e. The van der Waals surface area contributed by atoms with Crippen LogP contribution >= 0.6 is 0 Å². The highest BCUT2D eigenvalue weighted by atomic mass is 16.1. The normalized spacial score (nSPS) is 9.87. The van der Waals surface area contributed by atoms with Crippen LogP contribution in [-0.4, -0.2) is 15.8 Å². The van der Waals surface area contributed by atoms with Gasteiger partial charge in [-0.1, -0.05) is 30.3 Å². The van der Waals surface area contributed by atoms with Gasteiger partial charge in [-0.15, -0.1) is 0 Å². The molecular weight excluding hydrogens is 188 g/mol. The van der Waals surface area contributed by atoms with Gasteiger partial charge in [-0.2, -0.15) is 0 Å². The van der Waals surface area contributed by atoms with Crippen molar-refractivity contribution in [1.82, 2.24) is 9.97 Å². The first-order valence-corrected chi connectivity index (χ1v) is 4.69. The summed E-state index contributed by atoms with van der Waals surface area (Å²) in [6.45, 7) is 0. The summed E-state index contributed by atoms with van der Waals surface area (Å²) in [4.78, 5) is 19.4. The zero-order valence-electron chi connectivity index (χ0n) is 8.13. The van der Waals surface area contributed by atoms with Crippen LogP contribution in [0, 0.1) is 0 Å². The summed E-state index contributed by atoms with van der Waals surface area (Å²) in [5.41, 5.74) is 1.47. The van der Waals surface area contributed by atoms with Crippen molar-refractivity contribution < 1.29 is 4.79 Å². The molecule has 1 heterocycles. The first-order valence-electron chi connectivity index (χ1n) is 4.69. The summed E-state index contributed by atoms with van der Waals surface area (Å²) in [5.74, 6) is 0.0172. The third kappa shape index (κ3) is 2.47. The molecule has 0 aliphatic carbocycles. The second-order valence-electron chi connectivity index (χ2n) is 3.18. The van der Waals surface area contributed by atoms with Gasteiger partial charge in [-0.3, -0.25) is 4.79 Å². The van der Waals surface area contributed by atoms with E-state index >= 15 is 0 Å². The Morgan fingerprint density at radius 2 is 1.93 bits per heavy atom. The van der Waals surface area contributed by atoms with Crippen molar-refractivity contribution in [1.29, 1.82) is 0 Å². The first kappa shape index (κ1) is 9.52. The molecule has 0 amide bonds. The monoisotopic (exact) mass is 198 g/mol. The average molecular weight is 198 g/mol. The van der Waals surface area contributed by atoms with Gasteiger partial charge in [-0.05, 0) is 11.6 Å². The zero-order valence-corrected chi connectivity index (χ0v) is 8.13. The molecular formula is C12H10N2O. The SMILES string of the molecule is O=C(Cc1ccccc1)c1ccncn1. The number of ketones is 1. The maximum Gasteiger partial charge on any atom is 0.185 e. The lowest BCUT2D eigenvalue weighted by Crippen LogP contribution is -2.05. The fourth-order valence-corrected chi connectivity index (χ4v) is 1.33. The molecule has 0 saturated heterocycles. The molecule has 0 bridgehead atoms. The van der Waals surface area contributed by atoms with Crippen LogP contribution in [0.3, 0.4) is 0 Å². The second-order valence-corrected chi connectivity index (χ2v) is 3.18. The van der Waals surface area contributed by atoms with Crippen LogP contribution in [0.15, 0.2) is 48.9 Å². The third-order valence-electron chi connectivity index (χ3n) is 2.08. The first-order chi connectivity index (χ1) is 7.36. The number of nitrogens with zero attached hydrogens (tertiary/aromatic N) is 2. The number of hydrogen-bond acceptors (Lipinski definition) is 3. The van der Waals surface area contributed by atoms with Crippen molar-refractivity contribution in [3.8, 4) is 0 Å². The Kier molecular flexibility index (Phi) is 2.83. The van der Waals surface area contributed by atoms with E-state index in [4.69, 9.17) is 0 Å². The van der Waals surface area contributed by atoms with E-state index < -0.39 is 0 Å². The predicted octanol–water partition coefficient (Wildman–Crippen LogP) is 1.90. The van der Waals surface area contributed by atoms with Crippen molar-refractivity contribution in [3.63, 3.8) is 0 Å². The van der Waals surface area contributed by atoms with Crippen LogP contribution in [0.1, 0.15) is 16.1 Å². The van der Waals surface area contributed by atoms with E-state index in [9.17, 15) is 4.79 Å². The Morgan fingerprint density at radius 3 is 2.60 bits per heavy atom. The van der Waals surface area contributed by atoms with E-state index in [1.54, 1.807) is 12.3 Å². The molecule has 0 N–H and O–H groups in total. The van der Waals surface area contributed by atoms with Gasteiger partial charge in [0.2, 0.25) is 0 Å². The molecule has 74 valence electrons. The second kappa shape index (κ2) is 4.46. The van der Waals surface area contributed by atoms with Crippen LogP contribution in [0.2, 0.25) is 0 Å². The molecule has 1 aromatic heterocycles. The number of rotatable bonds is 3. The molecule has 0 spiro atoms. The number of aromatic nitrogens is 2. The van der Waals surface area contributed by atoms with Crippen LogP contribution in [0.5, 0.6) is 0 Å². The van der Waals surface area contributed by atoms with Gasteiger partial charge >= 0.3 is 0 Å². The number of Topliss-reactive ketones (excluding diaryl/α,β-unsaturated/α-hetero) is 1. The maximum absolute atomic E-state index is 11.7. The summed E-state index contributed by atoms with van der Waals surface area (Å²) in [5, 5.41) is 0. The topological polar surface area (TPSA) is 42.9 Å². The van der Waals surface area contributed by atoms with E-state index in [0.29, 0.717) is 12.1 Å². The molecule has 1 aromatic carbocycles. The third-order valence-corrected chi connectivity index (χ3v) is 2.08. The van der Waals surface area contributed by atoms with E-state index in [0.717, 1.165) is 5.56 Å². The number of carbonyl (C=O) groups is 1. The van der Waals surface area contributed by atoms with E-state index in [1.807, 2.05) is 30.3 Å². The molecule has 2 aromatic rings. The molecule has 0 radical (unpaired) electrons.